The highest BCUT2D eigenvalue weighted by molar-refractivity contribution is 5.89. The summed E-state index contributed by atoms with van der Waals surface area (Å²) in [5.41, 5.74) is 4.40. The Balaban J connectivity index is 1.89. The summed E-state index contributed by atoms with van der Waals surface area (Å²) in [7, 11) is 1.85. The third kappa shape index (κ3) is 4.13. The Morgan fingerprint density at radius 3 is 2.33 bits per heavy atom. The van der Waals surface area contributed by atoms with Crippen molar-refractivity contribution < 1.29 is 9.63 Å². The third-order valence-electron chi connectivity index (χ3n) is 3.07. The number of rotatable bonds is 3. The van der Waals surface area contributed by atoms with Gasteiger partial charge in [-0.3, -0.25) is 0 Å². The molecule has 1 aliphatic heterocycles. The van der Waals surface area contributed by atoms with Crippen LogP contribution in [-0.4, -0.2) is 19.2 Å². The minimum absolute atomic E-state index is 0.0944. The van der Waals surface area contributed by atoms with Gasteiger partial charge in [0.15, 0.2) is 0 Å². The van der Waals surface area contributed by atoms with Crippen LogP contribution in [-0.2, 0) is 4.84 Å². The summed E-state index contributed by atoms with van der Waals surface area (Å²) in [5.74, 6) is 0.811. The molecule has 0 saturated heterocycles. The number of nitrogens with one attached hydrogen (secondary N) is 4. The minimum Gasteiger partial charge on any atom is -0.410 e. The number of anilines is 2. The Morgan fingerprint density at radius 1 is 1.19 bits per heavy atom. The molecule has 0 radical (unpaired) electrons. The van der Waals surface area contributed by atoms with Gasteiger partial charge in [0.1, 0.15) is 11.9 Å². The van der Waals surface area contributed by atoms with E-state index in [9.17, 15) is 4.79 Å². The molecule has 6 nitrogen and oxygen atoms in total. The van der Waals surface area contributed by atoms with Crippen LogP contribution >= 0.6 is 0 Å². The van der Waals surface area contributed by atoms with Gasteiger partial charge in [0, 0.05) is 23.8 Å². The number of hydrogen-bond acceptors (Lipinski definition) is 4. The molecule has 6 heteroatoms. The zero-order valence-corrected chi connectivity index (χ0v) is 12.8. The van der Waals surface area contributed by atoms with Gasteiger partial charge in [-0.25, -0.2) is 4.79 Å². The zero-order valence-electron chi connectivity index (χ0n) is 12.8. The molecule has 2 amide bonds. The molecule has 1 aromatic rings. The molecule has 1 atom stereocenters. The van der Waals surface area contributed by atoms with Crippen LogP contribution in [0.5, 0.6) is 0 Å². The molecular weight excluding hydrogens is 268 g/mol. The smallest absolute Gasteiger partial charge is 0.320 e. The van der Waals surface area contributed by atoms with Crippen LogP contribution in [0.2, 0.25) is 0 Å². The topological polar surface area (TPSA) is 74.4 Å². The number of benzene rings is 1. The van der Waals surface area contributed by atoms with Crippen LogP contribution < -0.4 is 21.4 Å². The van der Waals surface area contributed by atoms with Gasteiger partial charge in [-0.1, -0.05) is 20.8 Å². The molecule has 114 valence electrons. The summed E-state index contributed by atoms with van der Waals surface area (Å²) in [5, 5.41) is 8.57. The Labute approximate surface area is 124 Å². The van der Waals surface area contributed by atoms with E-state index >= 15 is 0 Å². The molecule has 1 aliphatic rings. The van der Waals surface area contributed by atoms with Crippen molar-refractivity contribution in [1.82, 2.24) is 10.8 Å². The van der Waals surface area contributed by atoms with Crippen molar-refractivity contribution in [2.45, 2.75) is 26.9 Å². The normalized spacial score (nSPS) is 17.7. The molecule has 4 N–H and O–H groups in total. The number of urea groups is 1. The fraction of sp³-hybridized carbons (Fsp3) is 0.400. The van der Waals surface area contributed by atoms with Gasteiger partial charge in [0.2, 0.25) is 0 Å². The fourth-order valence-corrected chi connectivity index (χ4v) is 1.85. The predicted octanol–water partition coefficient (Wildman–Crippen LogP) is 2.64. The fourth-order valence-electron chi connectivity index (χ4n) is 1.85. The molecule has 0 fully saturated rings. The molecule has 1 heterocycles. The zero-order chi connectivity index (χ0) is 15.5. The third-order valence-corrected chi connectivity index (χ3v) is 3.07. The molecule has 2 rings (SSSR count). The maximum absolute atomic E-state index is 11.9. The van der Waals surface area contributed by atoms with Gasteiger partial charge in [-0.2, -0.15) is 0 Å². The van der Waals surface area contributed by atoms with Crippen LogP contribution in [0.25, 0.3) is 0 Å². The molecule has 0 saturated carbocycles. The van der Waals surface area contributed by atoms with Gasteiger partial charge in [0.05, 0.1) is 0 Å². The Morgan fingerprint density at radius 2 is 1.81 bits per heavy atom. The van der Waals surface area contributed by atoms with Gasteiger partial charge in [-0.05, 0) is 30.3 Å². The number of amides is 2. The average molecular weight is 290 g/mol. The van der Waals surface area contributed by atoms with E-state index in [0.29, 0.717) is 0 Å². The maximum Gasteiger partial charge on any atom is 0.320 e. The van der Waals surface area contributed by atoms with Gasteiger partial charge >= 0.3 is 6.03 Å². The molecule has 1 unspecified atom stereocenters. The second-order valence-electron chi connectivity index (χ2n) is 5.90. The van der Waals surface area contributed by atoms with E-state index in [0.717, 1.165) is 17.1 Å². The highest BCUT2D eigenvalue weighted by Gasteiger charge is 2.27. The number of hydroxylamine groups is 1. The second kappa shape index (κ2) is 6.05. The molecule has 21 heavy (non-hydrogen) atoms. The lowest BCUT2D eigenvalue weighted by atomic mass is 9.94. The van der Waals surface area contributed by atoms with Crippen LogP contribution in [0, 0.1) is 5.41 Å². The molecule has 0 aliphatic carbocycles. The highest BCUT2D eigenvalue weighted by Crippen LogP contribution is 2.28. The van der Waals surface area contributed by atoms with Crippen molar-refractivity contribution >= 4 is 17.4 Å². The Bertz CT molecular complexity index is 532. The summed E-state index contributed by atoms with van der Waals surface area (Å²) in [6, 6.07) is 7.16. The number of allylic oxidation sites excluding steroid dienone is 1. The first-order chi connectivity index (χ1) is 9.88. The molecule has 1 aromatic carbocycles. The van der Waals surface area contributed by atoms with Crippen molar-refractivity contribution in [3.05, 3.63) is 36.1 Å². The maximum atomic E-state index is 11.9. The predicted molar refractivity (Wildman–Crippen MR) is 83.7 cm³/mol. The van der Waals surface area contributed by atoms with Crippen LogP contribution in [0.4, 0.5) is 16.2 Å². The van der Waals surface area contributed by atoms with E-state index in [1.165, 1.54) is 0 Å². The van der Waals surface area contributed by atoms with Crippen LogP contribution in [0.3, 0.4) is 0 Å². The lowest BCUT2D eigenvalue weighted by Crippen LogP contribution is -2.43. The standard InChI is InChI=1S/C15H22N4O2/c1-15(2,3)12-9-13(19-21-12)18-14(20)17-11-7-5-10(16-4)6-8-11/h5-9,13,16,19H,1-4H3,(H2,17,18,20). The van der Waals surface area contributed by atoms with Crippen molar-refractivity contribution in [1.29, 1.82) is 0 Å². The highest BCUT2D eigenvalue weighted by atomic mass is 16.7. The quantitative estimate of drug-likeness (QED) is 0.690. The molecular formula is C15H22N4O2. The van der Waals surface area contributed by atoms with E-state index in [-0.39, 0.29) is 17.6 Å². The lowest BCUT2D eigenvalue weighted by Gasteiger charge is -2.17. The van der Waals surface area contributed by atoms with E-state index in [1.54, 1.807) is 0 Å². The first-order valence-corrected chi connectivity index (χ1v) is 6.88. The SMILES string of the molecule is CNc1ccc(NC(=O)NC2C=C(C(C)(C)C)ON2)cc1. The molecule has 0 bridgehead atoms. The largest absolute Gasteiger partial charge is 0.410 e. The lowest BCUT2D eigenvalue weighted by molar-refractivity contribution is 0.0755. The molecule has 0 aromatic heterocycles. The Kier molecular flexibility index (Phi) is 4.37. The minimum atomic E-state index is -0.337. The van der Waals surface area contributed by atoms with Crippen LogP contribution in [0.1, 0.15) is 20.8 Å². The number of carbonyl (C=O) groups is 1. The van der Waals surface area contributed by atoms with E-state index in [1.807, 2.05) is 58.2 Å². The van der Waals surface area contributed by atoms with Crippen molar-refractivity contribution in [3.63, 3.8) is 0 Å². The first kappa shape index (κ1) is 15.2. The number of carbonyl (C=O) groups excluding carboxylic acids is 1. The van der Waals surface area contributed by atoms with E-state index < -0.39 is 0 Å². The van der Waals surface area contributed by atoms with Crippen molar-refractivity contribution in [3.8, 4) is 0 Å². The van der Waals surface area contributed by atoms with E-state index in [2.05, 4.69) is 21.4 Å². The summed E-state index contributed by atoms with van der Waals surface area (Å²) >= 11 is 0. The van der Waals surface area contributed by atoms with Crippen molar-refractivity contribution in [2.24, 2.45) is 5.41 Å². The van der Waals surface area contributed by atoms with E-state index in [4.69, 9.17) is 4.84 Å². The summed E-state index contributed by atoms with van der Waals surface area (Å²) in [6.45, 7) is 6.14. The Hall–Kier alpha value is -2.21. The van der Waals surface area contributed by atoms with Gasteiger partial charge in [-0.15, -0.1) is 5.48 Å². The van der Waals surface area contributed by atoms with Gasteiger partial charge < -0.3 is 20.8 Å². The summed E-state index contributed by atoms with van der Waals surface area (Å²) < 4.78 is 0. The average Bonchev–Trinajstić information content (AvgIpc) is 2.88. The first-order valence-electron chi connectivity index (χ1n) is 6.88. The van der Waals surface area contributed by atoms with Crippen LogP contribution in [0.15, 0.2) is 36.1 Å². The summed E-state index contributed by atoms with van der Waals surface area (Å²) in [6.07, 6.45) is 1.53. The molecule has 0 spiro atoms. The van der Waals surface area contributed by atoms with Gasteiger partial charge in [0.25, 0.3) is 0 Å². The van der Waals surface area contributed by atoms with Crippen molar-refractivity contribution in [2.75, 3.05) is 17.7 Å². The number of hydrogen-bond donors (Lipinski definition) is 4. The summed E-state index contributed by atoms with van der Waals surface area (Å²) in [4.78, 5) is 17.3. The monoisotopic (exact) mass is 290 g/mol. The second-order valence-corrected chi connectivity index (χ2v) is 5.90.